The van der Waals surface area contributed by atoms with E-state index in [4.69, 9.17) is 11.6 Å². The monoisotopic (exact) mass is 423 g/mol. The summed E-state index contributed by atoms with van der Waals surface area (Å²) in [4.78, 5) is 28.2. The van der Waals surface area contributed by atoms with Gasteiger partial charge in [-0.2, -0.15) is 0 Å². The number of pyridine rings is 1. The van der Waals surface area contributed by atoms with Crippen LogP contribution in [0.4, 0.5) is 5.69 Å². The Hall–Kier alpha value is -2.63. The molecule has 0 spiro atoms. The predicted molar refractivity (Wildman–Crippen MR) is 123 cm³/mol. The van der Waals surface area contributed by atoms with Crippen molar-refractivity contribution in [2.45, 2.75) is 26.3 Å². The summed E-state index contributed by atoms with van der Waals surface area (Å²) >= 11 is 6.16. The van der Waals surface area contributed by atoms with Crippen LogP contribution in [-0.4, -0.2) is 35.5 Å². The molecule has 1 fully saturated rings. The van der Waals surface area contributed by atoms with E-state index in [9.17, 15) is 9.59 Å². The number of halogens is 1. The van der Waals surface area contributed by atoms with Gasteiger partial charge in [0.1, 0.15) is 0 Å². The Balaban J connectivity index is 1.61. The smallest absolute Gasteiger partial charge is 0.258 e. The number of nitrogens with zero attached hydrogens (tertiary/aromatic N) is 2. The first-order valence-corrected chi connectivity index (χ1v) is 10.7. The maximum absolute atomic E-state index is 13.1. The average molecular weight is 424 g/mol. The maximum Gasteiger partial charge on any atom is 0.258 e. The summed E-state index contributed by atoms with van der Waals surface area (Å²) in [6, 6.07) is 12.6. The average Bonchev–Trinajstić information content (AvgIpc) is 2.74. The van der Waals surface area contributed by atoms with Crippen molar-refractivity contribution in [2.24, 2.45) is 5.92 Å². The van der Waals surface area contributed by atoms with Crippen LogP contribution in [0.1, 0.15) is 28.8 Å². The Morgan fingerprint density at radius 1 is 1.10 bits per heavy atom. The van der Waals surface area contributed by atoms with Gasteiger partial charge in [0.15, 0.2) is 0 Å². The van der Waals surface area contributed by atoms with E-state index >= 15 is 0 Å². The molecule has 3 aromatic rings. The lowest BCUT2D eigenvalue weighted by atomic mass is 9.97. The van der Waals surface area contributed by atoms with Crippen molar-refractivity contribution in [3.05, 3.63) is 75.2 Å². The largest absolute Gasteiger partial charge is 0.321 e. The molecule has 1 aromatic heterocycles. The molecule has 0 bridgehead atoms. The number of piperidine rings is 1. The minimum atomic E-state index is -0.238. The standard InChI is InChI=1S/C24H26ClN3O2/c1-16-18(5-3-7-21(16)25)23(29)26-22-8-4-6-20-19(22)11-14-28(24(20)30)15-17-9-12-27(2)13-10-17/h3-8,11,14,17H,9-10,12-13,15H2,1-2H3,(H,26,29). The summed E-state index contributed by atoms with van der Waals surface area (Å²) in [6.45, 7) is 4.71. The van der Waals surface area contributed by atoms with Gasteiger partial charge in [0.05, 0.1) is 0 Å². The van der Waals surface area contributed by atoms with E-state index in [2.05, 4.69) is 17.3 Å². The van der Waals surface area contributed by atoms with Gasteiger partial charge in [-0.05, 0) is 81.7 Å². The lowest BCUT2D eigenvalue weighted by molar-refractivity contribution is 0.102. The van der Waals surface area contributed by atoms with Gasteiger partial charge in [0, 0.05) is 39.8 Å². The number of hydrogen-bond acceptors (Lipinski definition) is 3. The van der Waals surface area contributed by atoms with E-state index < -0.39 is 0 Å². The van der Waals surface area contributed by atoms with Crippen LogP contribution in [0.2, 0.25) is 5.02 Å². The second kappa shape index (κ2) is 8.62. The third kappa shape index (κ3) is 4.13. The second-order valence-electron chi connectivity index (χ2n) is 8.15. The minimum absolute atomic E-state index is 0.0125. The molecule has 2 aromatic carbocycles. The molecule has 0 saturated carbocycles. The van der Waals surface area contributed by atoms with Gasteiger partial charge in [0.25, 0.3) is 11.5 Å². The molecular weight excluding hydrogens is 398 g/mol. The molecule has 0 atom stereocenters. The van der Waals surface area contributed by atoms with E-state index in [1.165, 1.54) is 0 Å². The maximum atomic E-state index is 13.1. The number of likely N-dealkylation sites (tertiary alicyclic amines) is 1. The number of fused-ring (bicyclic) bond motifs is 1. The minimum Gasteiger partial charge on any atom is -0.321 e. The summed E-state index contributed by atoms with van der Waals surface area (Å²) in [5, 5.41) is 4.87. The van der Waals surface area contributed by atoms with Crippen molar-refractivity contribution in [2.75, 3.05) is 25.5 Å². The van der Waals surface area contributed by atoms with Gasteiger partial charge < -0.3 is 14.8 Å². The Bertz CT molecular complexity index is 1150. The summed E-state index contributed by atoms with van der Waals surface area (Å²) < 4.78 is 1.81. The Kier molecular flexibility index (Phi) is 5.93. The predicted octanol–water partition coefficient (Wildman–Crippen LogP) is 4.56. The molecule has 6 heteroatoms. The van der Waals surface area contributed by atoms with Crippen molar-refractivity contribution < 1.29 is 4.79 Å². The highest BCUT2D eigenvalue weighted by Crippen LogP contribution is 2.24. The zero-order chi connectivity index (χ0) is 21.3. The van der Waals surface area contributed by atoms with Crippen LogP contribution in [0.5, 0.6) is 0 Å². The first kappa shape index (κ1) is 20.6. The van der Waals surface area contributed by atoms with Crippen LogP contribution in [-0.2, 0) is 6.54 Å². The van der Waals surface area contributed by atoms with Crippen LogP contribution in [0.3, 0.4) is 0 Å². The first-order chi connectivity index (χ1) is 14.4. The van der Waals surface area contributed by atoms with Gasteiger partial charge in [-0.15, -0.1) is 0 Å². The molecule has 5 nitrogen and oxygen atoms in total. The Labute approximate surface area is 181 Å². The molecular formula is C24H26ClN3O2. The SMILES string of the molecule is Cc1c(Cl)cccc1C(=O)Nc1cccc2c(=O)n(CC3CCN(C)CC3)ccc12. The van der Waals surface area contributed by atoms with Crippen LogP contribution < -0.4 is 10.9 Å². The van der Waals surface area contributed by atoms with Gasteiger partial charge in [-0.1, -0.05) is 23.7 Å². The van der Waals surface area contributed by atoms with Crippen LogP contribution >= 0.6 is 11.6 Å². The number of benzene rings is 2. The number of hydrogen-bond donors (Lipinski definition) is 1. The molecule has 2 heterocycles. The normalized spacial score (nSPS) is 15.4. The van der Waals surface area contributed by atoms with Gasteiger partial charge >= 0.3 is 0 Å². The molecule has 1 N–H and O–H groups in total. The van der Waals surface area contributed by atoms with Gasteiger partial charge in [0.2, 0.25) is 0 Å². The quantitative estimate of drug-likeness (QED) is 0.669. The van der Waals surface area contributed by atoms with E-state index in [-0.39, 0.29) is 11.5 Å². The molecule has 0 unspecified atom stereocenters. The Morgan fingerprint density at radius 2 is 1.83 bits per heavy atom. The van der Waals surface area contributed by atoms with Crippen LogP contribution in [0.25, 0.3) is 10.8 Å². The van der Waals surface area contributed by atoms with E-state index in [0.717, 1.165) is 43.4 Å². The number of amides is 1. The lowest BCUT2D eigenvalue weighted by Crippen LogP contribution is -2.33. The molecule has 0 radical (unpaired) electrons. The number of nitrogens with one attached hydrogen (secondary N) is 1. The van der Waals surface area contributed by atoms with Gasteiger partial charge in [-0.3, -0.25) is 9.59 Å². The number of carbonyl (C=O) groups is 1. The fraction of sp³-hybridized carbons (Fsp3) is 0.333. The first-order valence-electron chi connectivity index (χ1n) is 10.3. The van der Waals surface area contributed by atoms with Crippen LogP contribution in [0.15, 0.2) is 53.5 Å². The molecule has 1 aliphatic heterocycles. The third-order valence-electron chi connectivity index (χ3n) is 6.07. The Morgan fingerprint density at radius 3 is 2.60 bits per heavy atom. The van der Waals surface area contributed by atoms with E-state index in [1.807, 2.05) is 42.0 Å². The van der Waals surface area contributed by atoms with Crippen molar-refractivity contribution in [1.82, 2.24) is 9.47 Å². The van der Waals surface area contributed by atoms with Crippen molar-refractivity contribution in [3.8, 4) is 0 Å². The lowest BCUT2D eigenvalue weighted by Gasteiger charge is -2.29. The topological polar surface area (TPSA) is 54.3 Å². The fourth-order valence-electron chi connectivity index (χ4n) is 4.14. The molecule has 156 valence electrons. The second-order valence-corrected chi connectivity index (χ2v) is 8.56. The number of aromatic nitrogens is 1. The van der Waals surface area contributed by atoms with E-state index in [0.29, 0.717) is 27.6 Å². The number of anilines is 1. The van der Waals surface area contributed by atoms with Crippen molar-refractivity contribution in [3.63, 3.8) is 0 Å². The summed E-state index contributed by atoms with van der Waals surface area (Å²) in [6.07, 6.45) is 4.06. The number of rotatable bonds is 4. The van der Waals surface area contributed by atoms with E-state index in [1.54, 1.807) is 18.2 Å². The zero-order valence-corrected chi connectivity index (χ0v) is 18.1. The zero-order valence-electron chi connectivity index (χ0n) is 17.3. The van der Waals surface area contributed by atoms with Crippen LogP contribution in [0, 0.1) is 12.8 Å². The summed E-state index contributed by atoms with van der Waals surface area (Å²) in [5.41, 5.74) is 1.87. The molecule has 4 rings (SSSR count). The summed E-state index contributed by atoms with van der Waals surface area (Å²) in [5.74, 6) is 0.281. The van der Waals surface area contributed by atoms with Crippen molar-refractivity contribution in [1.29, 1.82) is 0 Å². The van der Waals surface area contributed by atoms with Crippen molar-refractivity contribution >= 4 is 34.0 Å². The summed E-state index contributed by atoms with van der Waals surface area (Å²) in [7, 11) is 2.14. The molecule has 1 saturated heterocycles. The highest BCUT2D eigenvalue weighted by molar-refractivity contribution is 6.32. The highest BCUT2D eigenvalue weighted by Gasteiger charge is 2.18. The third-order valence-corrected chi connectivity index (χ3v) is 6.48. The molecule has 30 heavy (non-hydrogen) atoms. The number of carbonyl (C=O) groups excluding carboxylic acids is 1. The molecule has 0 aliphatic carbocycles. The fourth-order valence-corrected chi connectivity index (χ4v) is 4.31. The molecule has 1 aliphatic rings. The molecule has 1 amide bonds. The van der Waals surface area contributed by atoms with Gasteiger partial charge in [-0.25, -0.2) is 0 Å². The highest BCUT2D eigenvalue weighted by atomic mass is 35.5.